The number of rotatable bonds is 5. The van der Waals surface area contributed by atoms with Crippen molar-refractivity contribution in [2.45, 2.75) is 18.6 Å². The third kappa shape index (κ3) is 3.83. The maximum atomic E-state index is 9.78. The highest BCUT2D eigenvalue weighted by Crippen LogP contribution is 2.21. The van der Waals surface area contributed by atoms with Crippen molar-refractivity contribution in [1.29, 1.82) is 0 Å². The van der Waals surface area contributed by atoms with Crippen molar-refractivity contribution in [3.8, 4) is 0 Å². The van der Waals surface area contributed by atoms with Gasteiger partial charge in [0.1, 0.15) is 6.10 Å². The zero-order chi connectivity index (χ0) is 12.0. The number of azide groups is 1. The Morgan fingerprint density at radius 3 is 2.50 bits per heavy atom. The Balaban J connectivity index is 2.58. The number of hydrogen-bond donors (Lipinski definition) is 2. The molecule has 1 aromatic rings. The lowest BCUT2D eigenvalue weighted by Gasteiger charge is -2.17. The van der Waals surface area contributed by atoms with Crippen LogP contribution in [-0.4, -0.2) is 22.9 Å². The molecular weight excluding hydrogens is 274 g/mol. The normalized spacial score (nSPS) is 13.9. The molecule has 86 valence electrons. The van der Waals surface area contributed by atoms with Crippen LogP contribution >= 0.6 is 15.9 Å². The van der Waals surface area contributed by atoms with Gasteiger partial charge in [-0.25, -0.2) is 0 Å². The highest BCUT2D eigenvalue weighted by molar-refractivity contribution is 9.10. The van der Waals surface area contributed by atoms with Crippen molar-refractivity contribution in [3.05, 3.63) is 44.7 Å². The van der Waals surface area contributed by atoms with Gasteiger partial charge in [-0.05, 0) is 29.6 Å². The van der Waals surface area contributed by atoms with Crippen LogP contribution < -0.4 is 0 Å². The van der Waals surface area contributed by atoms with Crippen LogP contribution in [0.4, 0.5) is 0 Å². The lowest BCUT2D eigenvalue weighted by atomic mass is 10.0. The SMILES string of the molecule is [N-]=[N+]=NCCC(O)C(O)c1ccc(Br)cc1. The van der Waals surface area contributed by atoms with Gasteiger partial charge in [0.15, 0.2) is 0 Å². The molecule has 5 nitrogen and oxygen atoms in total. The van der Waals surface area contributed by atoms with Crippen molar-refractivity contribution in [2.24, 2.45) is 5.11 Å². The van der Waals surface area contributed by atoms with Crippen LogP contribution in [-0.2, 0) is 0 Å². The highest BCUT2D eigenvalue weighted by atomic mass is 79.9. The molecule has 16 heavy (non-hydrogen) atoms. The van der Waals surface area contributed by atoms with E-state index in [1.54, 1.807) is 24.3 Å². The summed E-state index contributed by atoms with van der Waals surface area (Å²) in [4.78, 5) is 2.58. The second-order valence-electron chi connectivity index (χ2n) is 3.31. The molecule has 0 aromatic heterocycles. The molecule has 2 N–H and O–H groups in total. The molecule has 0 radical (unpaired) electrons. The quantitative estimate of drug-likeness (QED) is 0.495. The Morgan fingerprint density at radius 2 is 1.94 bits per heavy atom. The van der Waals surface area contributed by atoms with E-state index >= 15 is 0 Å². The second kappa shape index (κ2) is 6.50. The molecule has 0 heterocycles. The molecular formula is C10H12BrN3O2. The molecule has 0 amide bonds. The van der Waals surface area contributed by atoms with E-state index in [-0.39, 0.29) is 13.0 Å². The van der Waals surface area contributed by atoms with Gasteiger partial charge in [-0.15, -0.1) is 0 Å². The van der Waals surface area contributed by atoms with E-state index < -0.39 is 12.2 Å². The first-order valence-corrected chi connectivity index (χ1v) is 5.57. The van der Waals surface area contributed by atoms with Gasteiger partial charge >= 0.3 is 0 Å². The number of halogens is 1. The molecule has 0 fully saturated rings. The van der Waals surface area contributed by atoms with Crippen molar-refractivity contribution in [2.75, 3.05) is 6.54 Å². The molecule has 0 aliphatic heterocycles. The van der Waals surface area contributed by atoms with Crippen LogP contribution in [0, 0.1) is 0 Å². The van der Waals surface area contributed by atoms with Crippen molar-refractivity contribution in [3.63, 3.8) is 0 Å². The molecule has 0 aliphatic rings. The minimum absolute atomic E-state index is 0.172. The highest BCUT2D eigenvalue weighted by Gasteiger charge is 2.17. The van der Waals surface area contributed by atoms with Crippen LogP contribution in [0.5, 0.6) is 0 Å². The first-order chi connectivity index (χ1) is 7.65. The average molecular weight is 286 g/mol. The van der Waals surface area contributed by atoms with Gasteiger partial charge in [0, 0.05) is 15.9 Å². The van der Waals surface area contributed by atoms with Gasteiger partial charge in [-0.1, -0.05) is 33.2 Å². The number of nitrogens with zero attached hydrogens (tertiary/aromatic N) is 3. The van der Waals surface area contributed by atoms with E-state index in [1.165, 1.54) is 0 Å². The van der Waals surface area contributed by atoms with E-state index in [4.69, 9.17) is 5.53 Å². The molecule has 0 bridgehead atoms. The van der Waals surface area contributed by atoms with Gasteiger partial charge in [0.2, 0.25) is 0 Å². The third-order valence-electron chi connectivity index (χ3n) is 2.16. The predicted octanol–water partition coefficient (Wildman–Crippen LogP) is 2.54. The standard InChI is InChI=1S/C10H12BrN3O2/c11-8-3-1-7(2-4-8)10(16)9(15)5-6-13-14-12/h1-4,9-10,15-16H,5-6H2. The topological polar surface area (TPSA) is 89.2 Å². The molecule has 0 saturated carbocycles. The van der Waals surface area contributed by atoms with Crippen LogP contribution in [0.2, 0.25) is 0 Å². The second-order valence-corrected chi connectivity index (χ2v) is 4.22. The first kappa shape index (κ1) is 13.0. The van der Waals surface area contributed by atoms with E-state index in [9.17, 15) is 10.2 Å². The maximum Gasteiger partial charge on any atom is 0.105 e. The van der Waals surface area contributed by atoms with Gasteiger partial charge in [-0.2, -0.15) is 0 Å². The van der Waals surface area contributed by atoms with Crippen molar-refractivity contribution in [1.82, 2.24) is 0 Å². The summed E-state index contributed by atoms with van der Waals surface area (Å²) in [5.41, 5.74) is 8.71. The van der Waals surface area contributed by atoms with Gasteiger partial charge in [0.05, 0.1) is 6.10 Å². The number of benzene rings is 1. The number of aliphatic hydroxyl groups excluding tert-OH is 2. The van der Waals surface area contributed by atoms with Gasteiger partial charge in [-0.3, -0.25) is 0 Å². The Kier molecular flexibility index (Phi) is 5.28. The van der Waals surface area contributed by atoms with Gasteiger partial charge < -0.3 is 10.2 Å². The maximum absolute atomic E-state index is 9.78. The van der Waals surface area contributed by atoms with Crippen LogP contribution in [0.3, 0.4) is 0 Å². The summed E-state index contributed by atoms with van der Waals surface area (Å²) in [6.45, 7) is 0.172. The third-order valence-corrected chi connectivity index (χ3v) is 2.69. The van der Waals surface area contributed by atoms with Crippen LogP contribution in [0.1, 0.15) is 18.1 Å². The van der Waals surface area contributed by atoms with Crippen molar-refractivity contribution >= 4 is 15.9 Å². The summed E-state index contributed by atoms with van der Waals surface area (Å²) in [5.74, 6) is 0. The minimum atomic E-state index is -0.956. The predicted molar refractivity (Wildman–Crippen MR) is 63.7 cm³/mol. The fraction of sp³-hybridized carbons (Fsp3) is 0.400. The summed E-state index contributed by atoms with van der Waals surface area (Å²) >= 11 is 3.28. The molecule has 0 aliphatic carbocycles. The fourth-order valence-corrected chi connectivity index (χ4v) is 1.54. The van der Waals surface area contributed by atoms with E-state index in [2.05, 4.69) is 26.0 Å². The van der Waals surface area contributed by atoms with Crippen molar-refractivity contribution < 1.29 is 10.2 Å². The Labute approximate surface area is 101 Å². The molecule has 1 rings (SSSR count). The Bertz CT molecular complexity index is 376. The largest absolute Gasteiger partial charge is 0.390 e. The van der Waals surface area contributed by atoms with E-state index in [1.807, 2.05) is 0 Å². The molecule has 2 unspecified atom stereocenters. The summed E-state index contributed by atoms with van der Waals surface area (Å²) in [5, 5.41) is 22.7. The molecule has 0 spiro atoms. The van der Waals surface area contributed by atoms with Crippen LogP contribution in [0.15, 0.2) is 33.9 Å². The smallest absolute Gasteiger partial charge is 0.105 e. The van der Waals surface area contributed by atoms with E-state index in [0.717, 1.165) is 4.47 Å². The Hall–Kier alpha value is -1.07. The van der Waals surface area contributed by atoms with E-state index in [0.29, 0.717) is 5.56 Å². The lowest BCUT2D eigenvalue weighted by Crippen LogP contribution is -2.19. The number of hydrogen-bond acceptors (Lipinski definition) is 3. The summed E-state index contributed by atoms with van der Waals surface area (Å²) in [6.07, 6.45) is -1.64. The summed E-state index contributed by atoms with van der Waals surface area (Å²) < 4.78 is 0.909. The summed E-state index contributed by atoms with van der Waals surface area (Å²) in [6, 6.07) is 7.04. The van der Waals surface area contributed by atoms with Gasteiger partial charge in [0.25, 0.3) is 0 Å². The zero-order valence-electron chi connectivity index (χ0n) is 8.49. The fourth-order valence-electron chi connectivity index (χ4n) is 1.27. The Morgan fingerprint density at radius 1 is 1.31 bits per heavy atom. The minimum Gasteiger partial charge on any atom is -0.390 e. The first-order valence-electron chi connectivity index (χ1n) is 4.77. The monoisotopic (exact) mass is 285 g/mol. The molecule has 6 heteroatoms. The molecule has 0 saturated heterocycles. The molecule has 1 aromatic carbocycles. The van der Waals surface area contributed by atoms with Crippen LogP contribution in [0.25, 0.3) is 10.4 Å². The lowest BCUT2D eigenvalue weighted by molar-refractivity contribution is 0.0150. The number of aliphatic hydroxyl groups is 2. The summed E-state index contributed by atoms with van der Waals surface area (Å²) in [7, 11) is 0. The molecule has 2 atom stereocenters. The average Bonchev–Trinajstić information content (AvgIpc) is 2.29. The zero-order valence-corrected chi connectivity index (χ0v) is 10.1.